The molecule has 8 nitrogen and oxygen atoms in total. The standard InChI is InChI=1S/C21H24N4O4S2/c1-14-5-7-16(8-6-14)11-22-21(26)17-4-3-9-25(12-17)31(27,28)19-10-18(13-30-19)20-23-15(2)29-24-20/h5-8,10,13,17H,3-4,9,11-12H2,1-2H3,(H,22,26)/t17-/m1/s1. The number of thiophene rings is 1. The molecule has 10 heteroatoms. The first kappa shape index (κ1) is 21.7. The van der Waals surface area contributed by atoms with Crippen LogP contribution in [0.4, 0.5) is 0 Å². The third-order valence-electron chi connectivity index (χ3n) is 5.30. The predicted molar refractivity (Wildman–Crippen MR) is 117 cm³/mol. The molecule has 0 unspecified atom stereocenters. The van der Waals surface area contributed by atoms with Gasteiger partial charge in [0.05, 0.1) is 5.92 Å². The van der Waals surface area contributed by atoms with Crippen molar-refractivity contribution in [3.05, 3.63) is 52.7 Å². The Bertz CT molecular complexity index is 1170. The minimum Gasteiger partial charge on any atom is -0.352 e. The van der Waals surface area contributed by atoms with Crippen molar-refractivity contribution in [3.63, 3.8) is 0 Å². The maximum Gasteiger partial charge on any atom is 0.252 e. The van der Waals surface area contributed by atoms with E-state index >= 15 is 0 Å². The fourth-order valence-corrected chi connectivity index (χ4v) is 6.36. The maximum absolute atomic E-state index is 13.2. The molecule has 1 saturated heterocycles. The Morgan fingerprint density at radius 1 is 1.29 bits per heavy atom. The Morgan fingerprint density at radius 3 is 2.77 bits per heavy atom. The fraction of sp³-hybridized carbons (Fsp3) is 0.381. The van der Waals surface area contributed by atoms with E-state index in [1.54, 1.807) is 18.4 Å². The van der Waals surface area contributed by atoms with Crippen LogP contribution in [0.3, 0.4) is 0 Å². The molecule has 0 spiro atoms. The van der Waals surface area contributed by atoms with Gasteiger partial charge in [0.1, 0.15) is 4.21 Å². The van der Waals surface area contributed by atoms with Crippen LogP contribution in [0.15, 0.2) is 44.4 Å². The molecule has 1 aliphatic heterocycles. The second-order valence-corrected chi connectivity index (χ2v) is 10.8. The fourth-order valence-electron chi connectivity index (χ4n) is 3.53. The van der Waals surface area contributed by atoms with Gasteiger partial charge in [-0.15, -0.1) is 11.3 Å². The zero-order valence-electron chi connectivity index (χ0n) is 17.4. The van der Waals surface area contributed by atoms with Crippen LogP contribution in [-0.4, -0.2) is 41.9 Å². The molecule has 1 amide bonds. The molecule has 4 rings (SSSR count). The highest BCUT2D eigenvalue weighted by Gasteiger charge is 2.34. The third-order valence-corrected chi connectivity index (χ3v) is 8.58. The number of amides is 1. The largest absolute Gasteiger partial charge is 0.352 e. The number of rotatable bonds is 6. The number of nitrogens with one attached hydrogen (secondary N) is 1. The molecule has 164 valence electrons. The highest BCUT2D eigenvalue weighted by Crippen LogP contribution is 2.31. The highest BCUT2D eigenvalue weighted by molar-refractivity contribution is 7.91. The lowest BCUT2D eigenvalue weighted by Gasteiger charge is -2.30. The van der Waals surface area contributed by atoms with E-state index in [0.29, 0.717) is 43.2 Å². The Kier molecular flexibility index (Phi) is 6.22. The van der Waals surface area contributed by atoms with Crippen LogP contribution in [0.25, 0.3) is 11.4 Å². The summed E-state index contributed by atoms with van der Waals surface area (Å²) in [5.74, 6) is 0.297. The van der Waals surface area contributed by atoms with E-state index in [9.17, 15) is 13.2 Å². The average molecular weight is 461 g/mol. The van der Waals surface area contributed by atoms with Crippen LogP contribution in [0.1, 0.15) is 29.9 Å². The summed E-state index contributed by atoms with van der Waals surface area (Å²) in [6.45, 7) is 4.70. The number of aryl methyl sites for hydroxylation is 2. The number of carbonyl (C=O) groups is 1. The lowest BCUT2D eigenvalue weighted by atomic mass is 9.98. The normalized spacial score (nSPS) is 17.5. The van der Waals surface area contributed by atoms with Gasteiger partial charge in [-0.3, -0.25) is 4.79 Å². The van der Waals surface area contributed by atoms with Crippen molar-refractivity contribution in [2.75, 3.05) is 13.1 Å². The van der Waals surface area contributed by atoms with Gasteiger partial charge in [0, 0.05) is 37.5 Å². The van der Waals surface area contributed by atoms with Crippen molar-refractivity contribution in [1.82, 2.24) is 19.8 Å². The van der Waals surface area contributed by atoms with Crippen LogP contribution >= 0.6 is 11.3 Å². The van der Waals surface area contributed by atoms with Crippen molar-refractivity contribution in [3.8, 4) is 11.4 Å². The van der Waals surface area contributed by atoms with Crippen molar-refractivity contribution in [2.24, 2.45) is 5.92 Å². The number of carbonyl (C=O) groups excluding carboxylic acids is 1. The monoisotopic (exact) mass is 460 g/mol. The summed E-state index contributed by atoms with van der Waals surface area (Å²) in [6, 6.07) is 9.52. The second-order valence-electron chi connectivity index (χ2n) is 7.70. The summed E-state index contributed by atoms with van der Waals surface area (Å²) in [4.78, 5) is 16.8. The Hall–Kier alpha value is -2.56. The zero-order valence-corrected chi connectivity index (χ0v) is 19.0. The molecule has 1 atom stereocenters. The number of hydrogen-bond acceptors (Lipinski definition) is 7. The summed E-state index contributed by atoms with van der Waals surface area (Å²) in [5, 5.41) is 8.48. The lowest BCUT2D eigenvalue weighted by molar-refractivity contribution is -0.126. The van der Waals surface area contributed by atoms with Gasteiger partial charge in [0.2, 0.25) is 17.6 Å². The minimum atomic E-state index is -3.70. The Labute approximate surface area is 185 Å². The number of aromatic nitrogens is 2. The van der Waals surface area contributed by atoms with E-state index in [2.05, 4.69) is 15.5 Å². The van der Waals surface area contributed by atoms with Crippen molar-refractivity contribution < 1.29 is 17.7 Å². The van der Waals surface area contributed by atoms with Crippen LogP contribution in [-0.2, 0) is 21.4 Å². The summed E-state index contributed by atoms with van der Waals surface area (Å²) >= 11 is 1.12. The van der Waals surface area contributed by atoms with Crippen molar-refractivity contribution >= 4 is 27.3 Å². The van der Waals surface area contributed by atoms with Crippen LogP contribution in [0.5, 0.6) is 0 Å². The smallest absolute Gasteiger partial charge is 0.252 e. The van der Waals surface area contributed by atoms with Crippen LogP contribution < -0.4 is 5.32 Å². The number of hydrogen-bond donors (Lipinski definition) is 1. The average Bonchev–Trinajstić information content (AvgIpc) is 3.43. The van der Waals surface area contributed by atoms with Gasteiger partial charge in [-0.25, -0.2) is 8.42 Å². The third kappa shape index (κ3) is 4.86. The Balaban J connectivity index is 1.41. The lowest BCUT2D eigenvalue weighted by Crippen LogP contribution is -2.45. The summed E-state index contributed by atoms with van der Waals surface area (Å²) in [5.41, 5.74) is 2.78. The van der Waals surface area contributed by atoms with Gasteiger partial charge in [0.15, 0.2) is 0 Å². The summed E-state index contributed by atoms with van der Waals surface area (Å²) < 4.78 is 32.9. The first-order valence-corrected chi connectivity index (χ1v) is 12.4. The van der Waals surface area contributed by atoms with Gasteiger partial charge in [0.25, 0.3) is 10.0 Å². The van der Waals surface area contributed by atoms with Gasteiger partial charge >= 0.3 is 0 Å². The molecule has 1 aliphatic rings. The van der Waals surface area contributed by atoms with Crippen LogP contribution in [0, 0.1) is 19.8 Å². The number of nitrogens with zero attached hydrogens (tertiary/aromatic N) is 3. The first-order valence-electron chi connectivity index (χ1n) is 10.1. The molecule has 3 heterocycles. The molecular weight excluding hydrogens is 436 g/mol. The zero-order chi connectivity index (χ0) is 22.0. The van der Waals surface area contributed by atoms with E-state index < -0.39 is 10.0 Å². The van der Waals surface area contributed by atoms with Crippen molar-refractivity contribution in [2.45, 2.75) is 37.4 Å². The molecule has 3 aromatic rings. The van der Waals surface area contributed by atoms with E-state index in [1.807, 2.05) is 31.2 Å². The molecule has 31 heavy (non-hydrogen) atoms. The quantitative estimate of drug-likeness (QED) is 0.606. The molecular formula is C21H24N4O4S2. The van der Waals surface area contributed by atoms with E-state index in [4.69, 9.17) is 4.52 Å². The molecule has 1 aromatic carbocycles. The van der Waals surface area contributed by atoms with Gasteiger partial charge in [-0.05, 0) is 31.4 Å². The Morgan fingerprint density at radius 2 is 2.06 bits per heavy atom. The van der Waals surface area contributed by atoms with Gasteiger partial charge < -0.3 is 9.84 Å². The van der Waals surface area contributed by atoms with Crippen LogP contribution in [0.2, 0.25) is 0 Å². The SMILES string of the molecule is Cc1ccc(CNC(=O)[C@@H]2CCCN(S(=O)(=O)c3cc(-c4noc(C)n4)cs3)C2)cc1. The van der Waals surface area contributed by atoms with Crippen molar-refractivity contribution in [1.29, 1.82) is 0 Å². The summed E-state index contributed by atoms with van der Waals surface area (Å²) in [6.07, 6.45) is 1.31. The van der Waals surface area contributed by atoms with E-state index in [-0.39, 0.29) is 22.6 Å². The molecule has 0 bridgehead atoms. The summed E-state index contributed by atoms with van der Waals surface area (Å²) in [7, 11) is -3.70. The van der Waals surface area contributed by atoms with E-state index in [1.165, 1.54) is 4.31 Å². The number of benzene rings is 1. The predicted octanol–water partition coefficient (Wildman–Crippen LogP) is 3.13. The van der Waals surface area contributed by atoms with Gasteiger partial charge in [-0.2, -0.15) is 9.29 Å². The molecule has 2 aromatic heterocycles. The second kappa shape index (κ2) is 8.89. The minimum absolute atomic E-state index is 0.116. The number of piperidine rings is 1. The highest BCUT2D eigenvalue weighted by atomic mass is 32.2. The number of sulfonamides is 1. The first-order chi connectivity index (χ1) is 14.8. The molecule has 1 fully saturated rings. The van der Waals surface area contributed by atoms with Gasteiger partial charge in [-0.1, -0.05) is 35.0 Å². The maximum atomic E-state index is 13.2. The molecule has 0 radical (unpaired) electrons. The molecule has 0 aliphatic carbocycles. The molecule has 1 N–H and O–H groups in total. The molecule has 0 saturated carbocycles. The topological polar surface area (TPSA) is 105 Å². The van der Waals surface area contributed by atoms with E-state index in [0.717, 1.165) is 22.5 Å².